The number of non-ortho nitro benzene ring substituents is 1. The summed E-state index contributed by atoms with van der Waals surface area (Å²) in [5.74, 6) is 1.11. The van der Waals surface area contributed by atoms with Crippen LogP contribution in [-0.4, -0.2) is 46.9 Å². The zero-order valence-electron chi connectivity index (χ0n) is 14.8. The van der Waals surface area contributed by atoms with Gasteiger partial charge in [0.05, 0.1) is 15.5 Å². The number of nitro benzene ring substituents is 1. The second-order valence-electron chi connectivity index (χ2n) is 6.79. The van der Waals surface area contributed by atoms with Gasteiger partial charge in [-0.2, -0.15) is 5.26 Å². The number of anilines is 1. The summed E-state index contributed by atoms with van der Waals surface area (Å²) in [5.41, 5.74) is 0.349. The normalized spacial score (nSPS) is 16.7. The minimum absolute atomic E-state index is 0.0534. The number of carbonyl (C=O) groups is 1. The molecule has 0 bridgehead atoms. The van der Waals surface area contributed by atoms with Crippen LogP contribution in [0.15, 0.2) is 22.6 Å². The predicted molar refractivity (Wildman–Crippen MR) is 99.4 cm³/mol. The van der Waals surface area contributed by atoms with Crippen LogP contribution >= 0.6 is 11.6 Å². The molecule has 0 spiro atoms. The Labute approximate surface area is 165 Å². The third-order valence-corrected chi connectivity index (χ3v) is 5.22. The molecule has 9 nitrogen and oxygen atoms in total. The topological polar surface area (TPSA) is 117 Å². The third-order valence-electron chi connectivity index (χ3n) is 4.91. The number of benzene rings is 1. The number of amides is 1. The van der Waals surface area contributed by atoms with E-state index in [9.17, 15) is 20.2 Å². The zero-order valence-corrected chi connectivity index (χ0v) is 15.6. The number of carbonyl (C=O) groups excluding carboxylic acids is 1. The molecular formula is C18H16ClN5O4. The first-order valence-electron chi connectivity index (χ1n) is 8.87. The maximum Gasteiger partial charge on any atom is 0.270 e. The van der Waals surface area contributed by atoms with Gasteiger partial charge in [0, 0.05) is 44.2 Å². The first-order valence-corrected chi connectivity index (χ1v) is 9.24. The number of nitro groups is 1. The summed E-state index contributed by atoms with van der Waals surface area (Å²) >= 11 is 6.07. The number of rotatable bonds is 4. The number of piperazine rings is 1. The summed E-state index contributed by atoms with van der Waals surface area (Å²) in [5, 5.41) is 20.2. The SMILES string of the molecule is N#Cc1nc(C2CC2)oc1N1CCN(C(=O)c2ccc([N+](=O)[O-])cc2Cl)CC1. The quantitative estimate of drug-likeness (QED) is 0.571. The van der Waals surface area contributed by atoms with E-state index in [1.165, 1.54) is 18.2 Å². The molecule has 1 saturated carbocycles. The number of hydrogen-bond acceptors (Lipinski definition) is 7. The van der Waals surface area contributed by atoms with Gasteiger partial charge in [0.1, 0.15) is 6.07 Å². The van der Waals surface area contributed by atoms with E-state index in [2.05, 4.69) is 11.1 Å². The molecule has 0 atom stereocenters. The number of halogens is 1. The van der Waals surface area contributed by atoms with E-state index in [1.54, 1.807) is 4.90 Å². The molecule has 144 valence electrons. The Morgan fingerprint density at radius 2 is 2.04 bits per heavy atom. The van der Waals surface area contributed by atoms with Gasteiger partial charge in [0.15, 0.2) is 0 Å². The molecule has 1 aliphatic heterocycles. The molecule has 10 heteroatoms. The highest BCUT2D eigenvalue weighted by Gasteiger charge is 2.33. The van der Waals surface area contributed by atoms with E-state index < -0.39 is 4.92 Å². The van der Waals surface area contributed by atoms with Crippen molar-refractivity contribution in [3.05, 3.63) is 50.5 Å². The molecule has 0 radical (unpaired) electrons. The lowest BCUT2D eigenvalue weighted by Crippen LogP contribution is -2.49. The fraction of sp³-hybridized carbons (Fsp3) is 0.389. The highest BCUT2D eigenvalue weighted by molar-refractivity contribution is 6.34. The molecule has 2 fully saturated rings. The van der Waals surface area contributed by atoms with Gasteiger partial charge in [0.2, 0.25) is 17.5 Å². The number of oxazole rings is 1. The molecule has 1 aromatic heterocycles. The van der Waals surface area contributed by atoms with Crippen LogP contribution in [0.3, 0.4) is 0 Å². The summed E-state index contributed by atoms with van der Waals surface area (Å²) in [6.07, 6.45) is 2.06. The smallest absolute Gasteiger partial charge is 0.270 e. The molecule has 2 aliphatic rings. The summed E-state index contributed by atoms with van der Waals surface area (Å²) in [6, 6.07) is 5.90. The van der Waals surface area contributed by atoms with Gasteiger partial charge in [0.25, 0.3) is 11.6 Å². The average Bonchev–Trinajstić information content (AvgIpc) is 3.46. The number of hydrogen-bond donors (Lipinski definition) is 0. The van der Waals surface area contributed by atoms with Crippen molar-refractivity contribution in [2.75, 3.05) is 31.1 Å². The van der Waals surface area contributed by atoms with Gasteiger partial charge in [-0.3, -0.25) is 14.9 Å². The van der Waals surface area contributed by atoms with Crippen LogP contribution in [0.5, 0.6) is 0 Å². The highest BCUT2D eigenvalue weighted by atomic mass is 35.5. The Morgan fingerprint density at radius 1 is 1.32 bits per heavy atom. The molecule has 1 aliphatic carbocycles. The Bertz CT molecular complexity index is 986. The van der Waals surface area contributed by atoms with Crippen molar-refractivity contribution in [2.45, 2.75) is 18.8 Å². The van der Waals surface area contributed by atoms with Crippen LogP contribution in [0.25, 0.3) is 0 Å². The van der Waals surface area contributed by atoms with Crippen LogP contribution < -0.4 is 4.90 Å². The van der Waals surface area contributed by atoms with E-state index >= 15 is 0 Å². The largest absolute Gasteiger partial charge is 0.423 e. The van der Waals surface area contributed by atoms with E-state index in [0.29, 0.717) is 43.9 Å². The Morgan fingerprint density at radius 3 is 2.61 bits per heavy atom. The molecule has 1 saturated heterocycles. The van der Waals surface area contributed by atoms with Crippen molar-refractivity contribution < 1.29 is 14.1 Å². The first-order chi connectivity index (χ1) is 13.5. The van der Waals surface area contributed by atoms with Crippen LogP contribution in [0, 0.1) is 21.4 Å². The van der Waals surface area contributed by atoms with E-state index in [0.717, 1.165) is 12.8 Å². The molecule has 0 unspecified atom stereocenters. The third kappa shape index (κ3) is 3.39. The van der Waals surface area contributed by atoms with Gasteiger partial charge < -0.3 is 14.2 Å². The molecule has 1 amide bonds. The van der Waals surface area contributed by atoms with Gasteiger partial charge in [-0.15, -0.1) is 0 Å². The first kappa shape index (κ1) is 18.3. The molecular weight excluding hydrogens is 386 g/mol. The maximum atomic E-state index is 12.7. The molecule has 0 N–H and O–H groups in total. The van der Waals surface area contributed by atoms with Crippen LogP contribution in [0.2, 0.25) is 5.02 Å². The van der Waals surface area contributed by atoms with Crippen molar-refractivity contribution in [1.82, 2.24) is 9.88 Å². The van der Waals surface area contributed by atoms with Crippen molar-refractivity contribution in [1.29, 1.82) is 5.26 Å². The Kier molecular flexibility index (Phi) is 4.65. The summed E-state index contributed by atoms with van der Waals surface area (Å²) in [7, 11) is 0. The van der Waals surface area contributed by atoms with Gasteiger partial charge in [-0.25, -0.2) is 4.98 Å². The second kappa shape index (κ2) is 7.13. The van der Waals surface area contributed by atoms with Gasteiger partial charge in [-0.1, -0.05) is 11.6 Å². The van der Waals surface area contributed by atoms with E-state index in [1.807, 2.05) is 4.90 Å². The standard InChI is InChI=1S/C18H16ClN5O4/c19-14-9-12(24(26)27)3-4-13(14)17(25)22-5-7-23(8-6-22)18-15(10-20)21-16(28-18)11-1-2-11/h3-4,9,11H,1-2,5-8H2. The lowest BCUT2D eigenvalue weighted by atomic mass is 10.1. The number of nitriles is 1. The van der Waals surface area contributed by atoms with Crippen molar-refractivity contribution in [3.8, 4) is 6.07 Å². The van der Waals surface area contributed by atoms with Crippen LogP contribution in [0.1, 0.15) is 40.7 Å². The second-order valence-corrected chi connectivity index (χ2v) is 7.20. The predicted octanol–water partition coefficient (Wildman–Crippen LogP) is 2.95. The fourth-order valence-electron chi connectivity index (χ4n) is 3.19. The number of nitrogens with zero attached hydrogens (tertiary/aromatic N) is 5. The zero-order chi connectivity index (χ0) is 19.8. The molecule has 1 aromatic carbocycles. The monoisotopic (exact) mass is 401 g/mol. The number of aromatic nitrogens is 1. The average molecular weight is 402 g/mol. The minimum atomic E-state index is -0.557. The molecule has 4 rings (SSSR count). The summed E-state index contributed by atoms with van der Waals surface area (Å²) in [4.78, 5) is 30.8. The maximum absolute atomic E-state index is 12.7. The Balaban J connectivity index is 1.45. The molecule has 2 aromatic rings. The highest BCUT2D eigenvalue weighted by Crippen LogP contribution is 2.41. The summed E-state index contributed by atoms with van der Waals surface area (Å²) < 4.78 is 5.81. The summed E-state index contributed by atoms with van der Waals surface area (Å²) in [6.45, 7) is 1.81. The van der Waals surface area contributed by atoms with Gasteiger partial charge in [-0.05, 0) is 18.9 Å². The van der Waals surface area contributed by atoms with Crippen LogP contribution in [-0.2, 0) is 0 Å². The van der Waals surface area contributed by atoms with Crippen molar-refractivity contribution in [2.24, 2.45) is 0 Å². The van der Waals surface area contributed by atoms with Crippen molar-refractivity contribution >= 4 is 29.1 Å². The molecule has 2 heterocycles. The Hall–Kier alpha value is -3.12. The van der Waals surface area contributed by atoms with Crippen LogP contribution in [0.4, 0.5) is 11.6 Å². The lowest BCUT2D eigenvalue weighted by Gasteiger charge is -2.34. The minimum Gasteiger partial charge on any atom is -0.423 e. The lowest BCUT2D eigenvalue weighted by molar-refractivity contribution is -0.384. The molecule has 28 heavy (non-hydrogen) atoms. The van der Waals surface area contributed by atoms with Crippen molar-refractivity contribution in [3.63, 3.8) is 0 Å². The van der Waals surface area contributed by atoms with Gasteiger partial charge >= 0.3 is 0 Å². The van der Waals surface area contributed by atoms with E-state index in [4.69, 9.17) is 16.0 Å². The fourth-order valence-corrected chi connectivity index (χ4v) is 3.45. The van der Waals surface area contributed by atoms with E-state index in [-0.39, 0.29) is 27.9 Å².